The normalized spacial score (nSPS) is 15.9. The number of nitrogens with zero attached hydrogens (tertiary/aromatic N) is 3. The van der Waals surface area contributed by atoms with Gasteiger partial charge in [-0.3, -0.25) is 4.98 Å². The van der Waals surface area contributed by atoms with Gasteiger partial charge in [0.05, 0.1) is 10.5 Å². The third kappa shape index (κ3) is 6.36. The SMILES string of the molecule is C=C(CCCC)N1CCN(C)CC1(C)C.C=Cc1ccc2c(Cl)c(CC)c(CC)nc2c1. The maximum Gasteiger partial charge on any atom is 0.0726 e. The quantitative estimate of drug-likeness (QED) is 0.434. The van der Waals surface area contributed by atoms with E-state index in [0.717, 1.165) is 66.1 Å². The number of unbranched alkanes of at least 4 members (excludes halogenated alkanes) is 1. The summed E-state index contributed by atoms with van der Waals surface area (Å²) in [5.74, 6) is 0. The number of pyridine rings is 1. The molecular formula is C28H42ClN3. The highest BCUT2D eigenvalue weighted by atomic mass is 35.5. The Labute approximate surface area is 201 Å². The Balaban J connectivity index is 0.000000229. The summed E-state index contributed by atoms with van der Waals surface area (Å²) in [5, 5.41) is 1.89. The Morgan fingerprint density at radius 1 is 1.19 bits per heavy atom. The van der Waals surface area contributed by atoms with Crippen molar-refractivity contribution >= 4 is 28.6 Å². The predicted molar refractivity (Wildman–Crippen MR) is 143 cm³/mol. The van der Waals surface area contributed by atoms with Gasteiger partial charge in [0, 0.05) is 42.0 Å². The van der Waals surface area contributed by atoms with E-state index in [9.17, 15) is 0 Å². The lowest BCUT2D eigenvalue weighted by Gasteiger charge is -2.48. The van der Waals surface area contributed by atoms with E-state index in [1.165, 1.54) is 24.1 Å². The van der Waals surface area contributed by atoms with E-state index in [4.69, 9.17) is 16.6 Å². The second-order valence-corrected chi connectivity index (χ2v) is 9.79. The van der Waals surface area contributed by atoms with Crippen LogP contribution in [0.1, 0.15) is 70.7 Å². The third-order valence-corrected chi connectivity index (χ3v) is 6.78. The number of halogens is 1. The van der Waals surface area contributed by atoms with Gasteiger partial charge in [-0.15, -0.1) is 0 Å². The summed E-state index contributed by atoms with van der Waals surface area (Å²) >= 11 is 6.46. The molecule has 0 aliphatic carbocycles. The maximum absolute atomic E-state index is 6.46. The second kappa shape index (κ2) is 11.9. The van der Waals surface area contributed by atoms with E-state index in [0.29, 0.717) is 0 Å². The van der Waals surface area contributed by atoms with Crippen molar-refractivity contribution in [3.8, 4) is 0 Å². The number of fused-ring (bicyclic) bond motifs is 1. The van der Waals surface area contributed by atoms with Gasteiger partial charge < -0.3 is 9.80 Å². The molecule has 0 spiro atoms. The summed E-state index contributed by atoms with van der Waals surface area (Å²) in [4.78, 5) is 9.61. The lowest BCUT2D eigenvalue weighted by atomic mass is 9.97. The lowest BCUT2D eigenvalue weighted by molar-refractivity contribution is 0.0577. The van der Waals surface area contributed by atoms with Crippen molar-refractivity contribution in [3.63, 3.8) is 0 Å². The molecule has 2 heterocycles. The third-order valence-electron chi connectivity index (χ3n) is 6.34. The topological polar surface area (TPSA) is 19.4 Å². The largest absolute Gasteiger partial charge is 0.368 e. The molecule has 0 radical (unpaired) electrons. The first kappa shape index (κ1) is 26.4. The zero-order valence-electron chi connectivity index (χ0n) is 21.1. The highest BCUT2D eigenvalue weighted by Gasteiger charge is 2.32. The van der Waals surface area contributed by atoms with Crippen molar-refractivity contribution in [3.05, 3.63) is 58.9 Å². The number of aryl methyl sites for hydroxylation is 1. The zero-order chi connectivity index (χ0) is 23.9. The summed E-state index contributed by atoms with van der Waals surface area (Å²) in [6.07, 6.45) is 7.35. The predicted octanol–water partition coefficient (Wildman–Crippen LogP) is 7.37. The minimum Gasteiger partial charge on any atom is -0.368 e. The van der Waals surface area contributed by atoms with Crippen LogP contribution in [-0.2, 0) is 12.8 Å². The number of benzene rings is 1. The highest BCUT2D eigenvalue weighted by Crippen LogP contribution is 2.30. The van der Waals surface area contributed by atoms with Crippen molar-refractivity contribution in [2.45, 2.75) is 72.3 Å². The fourth-order valence-corrected chi connectivity index (χ4v) is 5.01. The molecule has 1 saturated heterocycles. The van der Waals surface area contributed by atoms with Crippen molar-refractivity contribution in [2.75, 3.05) is 26.7 Å². The first-order valence-electron chi connectivity index (χ1n) is 12.1. The van der Waals surface area contributed by atoms with Crippen molar-refractivity contribution < 1.29 is 0 Å². The van der Waals surface area contributed by atoms with Crippen LogP contribution in [0.4, 0.5) is 0 Å². The molecule has 3 nitrogen and oxygen atoms in total. The molecule has 0 N–H and O–H groups in total. The van der Waals surface area contributed by atoms with E-state index < -0.39 is 0 Å². The molecule has 4 heteroatoms. The zero-order valence-corrected chi connectivity index (χ0v) is 21.9. The van der Waals surface area contributed by atoms with Gasteiger partial charge in [-0.25, -0.2) is 0 Å². The number of likely N-dealkylation sites (N-methyl/N-ethyl adjacent to an activating group) is 1. The van der Waals surface area contributed by atoms with Crippen LogP contribution in [0, 0.1) is 0 Å². The van der Waals surface area contributed by atoms with Gasteiger partial charge in [-0.2, -0.15) is 0 Å². The molecule has 0 bridgehead atoms. The maximum atomic E-state index is 6.46. The molecule has 1 aromatic carbocycles. The van der Waals surface area contributed by atoms with Crippen molar-refractivity contribution in [1.29, 1.82) is 0 Å². The molecule has 1 aromatic heterocycles. The molecule has 3 rings (SSSR count). The molecule has 0 amide bonds. The standard InChI is InChI=1S/C15H16ClN.C13H26N2/c1-4-10-7-8-12-14(9-10)17-13(6-3)11(5-2)15(12)16;1-6-7-8-12(2)15-10-9-14(5)11-13(15,3)4/h4,7-9H,1,5-6H2,2-3H3;2,6-11H2,1,3-5H3. The van der Waals surface area contributed by atoms with Crippen LogP contribution in [0.25, 0.3) is 17.0 Å². The monoisotopic (exact) mass is 455 g/mol. The van der Waals surface area contributed by atoms with Crippen LogP contribution in [0.15, 0.2) is 37.1 Å². The molecule has 0 saturated carbocycles. The van der Waals surface area contributed by atoms with Crippen LogP contribution >= 0.6 is 11.6 Å². The summed E-state index contributed by atoms with van der Waals surface area (Å²) in [7, 11) is 2.20. The van der Waals surface area contributed by atoms with Gasteiger partial charge in [0.15, 0.2) is 0 Å². The summed E-state index contributed by atoms with van der Waals surface area (Å²) in [6, 6.07) is 6.08. The van der Waals surface area contributed by atoms with E-state index in [2.05, 4.69) is 64.6 Å². The van der Waals surface area contributed by atoms with Crippen molar-refractivity contribution in [1.82, 2.24) is 14.8 Å². The Hall–Kier alpha value is -1.84. The van der Waals surface area contributed by atoms with Crippen molar-refractivity contribution in [2.24, 2.45) is 0 Å². The molecule has 2 aromatic rings. The summed E-state index contributed by atoms with van der Waals surface area (Å²) in [5.41, 5.74) is 5.89. The van der Waals surface area contributed by atoms with Gasteiger partial charge >= 0.3 is 0 Å². The molecule has 1 aliphatic rings. The van der Waals surface area contributed by atoms with Crippen LogP contribution in [0.3, 0.4) is 0 Å². The highest BCUT2D eigenvalue weighted by molar-refractivity contribution is 6.36. The fraction of sp³-hybridized carbons (Fsp3) is 0.536. The number of rotatable bonds is 7. The van der Waals surface area contributed by atoms with Gasteiger partial charge in [-0.05, 0) is 63.8 Å². The fourth-order valence-electron chi connectivity index (χ4n) is 4.61. The van der Waals surface area contributed by atoms with Gasteiger partial charge in [0.2, 0.25) is 0 Å². The first-order valence-corrected chi connectivity index (χ1v) is 12.4. The number of piperazine rings is 1. The summed E-state index contributed by atoms with van der Waals surface area (Å²) in [6.45, 7) is 22.6. The van der Waals surface area contributed by atoms with Crippen LogP contribution < -0.4 is 0 Å². The minimum atomic E-state index is 0.248. The van der Waals surface area contributed by atoms with E-state index in [-0.39, 0.29) is 5.54 Å². The average molecular weight is 456 g/mol. The molecule has 0 unspecified atom stereocenters. The molecule has 32 heavy (non-hydrogen) atoms. The lowest BCUT2D eigenvalue weighted by Crippen LogP contribution is -2.57. The van der Waals surface area contributed by atoms with Gasteiger partial charge in [0.1, 0.15) is 0 Å². The van der Waals surface area contributed by atoms with E-state index in [1.807, 2.05) is 24.3 Å². The van der Waals surface area contributed by atoms with Gasteiger partial charge in [-0.1, -0.05) is 70.2 Å². The average Bonchev–Trinajstić information content (AvgIpc) is 2.76. The number of aromatic nitrogens is 1. The Morgan fingerprint density at radius 2 is 1.91 bits per heavy atom. The van der Waals surface area contributed by atoms with E-state index >= 15 is 0 Å². The van der Waals surface area contributed by atoms with Crippen LogP contribution in [0.5, 0.6) is 0 Å². The smallest absolute Gasteiger partial charge is 0.0726 e. The summed E-state index contributed by atoms with van der Waals surface area (Å²) < 4.78 is 0. The van der Waals surface area contributed by atoms with Crippen LogP contribution in [-0.4, -0.2) is 47.0 Å². The Bertz CT molecular complexity index is 932. The molecule has 0 atom stereocenters. The van der Waals surface area contributed by atoms with Crippen LogP contribution in [0.2, 0.25) is 5.02 Å². The Kier molecular flexibility index (Phi) is 9.79. The van der Waals surface area contributed by atoms with Gasteiger partial charge in [0.25, 0.3) is 0 Å². The number of allylic oxidation sites excluding steroid dienone is 1. The minimum absolute atomic E-state index is 0.248. The molecule has 1 aliphatic heterocycles. The van der Waals surface area contributed by atoms with E-state index in [1.54, 1.807) is 0 Å². The first-order chi connectivity index (χ1) is 15.2. The second-order valence-electron chi connectivity index (χ2n) is 9.41. The number of hydrogen-bond donors (Lipinski definition) is 0. The number of hydrogen-bond acceptors (Lipinski definition) is 3. The molecular weight excluding hydrogens is 414 g/mol. The molecule has 1 fully saturated rings. The Morgan fingerprint density at radius 3 is 2.47 bits per heavy atom. The molecule has 176 valence electrons.